The van der Waals surface area contributed by atoms with Crippen LogP contribution < -0.4 is 11.1 Å². The number of nitrogen functional groups attached to an aromatic ring is 1. The van der Waals surface area contributed by atoms with Gasteiger partial charge in [0.2, 0.25) is 0 Å². The van der Waals surface area contributed by atoms with E-state index in [4.69, 9.17) is 15.5 Å². The summed E-state index contributed by atoms with van der Waals surface area (Å²) in [5.74, 6) is -0.756. The lowest BCUT2D eigenvalue weighted by Gasteiger charge is -2.11. The molecule has 5 rings (SSSR count). The quantitative estimate of drug-likeness (QED) is 0.388. The highest BCUT2D eigenvalue weighted by Crippen LogP contribution is 2.40. The molecule has 1 aliphatic rings. The number of thiophene rings is 2. The maximum Gasteiger partial charge on any atom is 0.341 e. The van der Waals surface area contributed by atoms with Gasteiger partial charge in [0.25, 0.3) is 5.91 Å². The fourth-order valence-corrected chi connectivity index (χ4v) is 6.33. The number of rotatable bonds is 4. The molecule has 1 aliphatic carbocycles. The van der Waals surface area contributed by atoms with E-state index in [0.717, 1.165) is 52.8 Å². The standard InChI is InChI=1S/C24H21N3O3S2/c1-30-24(29)18-14-9-5-6-10-17(14)31-23(18)27-21(28)20-19(25)15-11-12-16(26-22(15)32-20)13-7-3-2-4-8-13/h2-4,7-8,11-12H,5-6,9-10,25H2,1H3,(H,27,28). The molecule has 0 fully saturated rings. The topological polar surface area (TPSA) is 94.3 Å². The molecular formula is C24H21N3O3S2. The van der Waals surface area contributed by atoms with Crippen molar-refractivity contribution >= 4 is 55.5 Å². The number of ether oxygens (including phenoxy) is 1. The summed E-state index contributed by atoms with van der Waals surface area (Å²) in [6, 6.07) is 13.7. The summed E-state index contributed by atoms with van der Waals surface area (Å²) in [6.07, 6.45) is 3.85. The highest BCUT2D eigenvalue weighted by Gasteiger charge is 2.28. The van der Waals surface area contributed by atoms with Crippen molar-refractivity contribution < 1.29 is 14.3 Å². The molecule has 0 spiro atoms. The second-order valence-electron chi connectivity index (χ2n) is 7.62. The average Bonchev–Trinajstić information content (AvgIpc) is 3.36. The molecule has 3 heterocycles. The van der Waals surface area contributed by atoms with Crippen molar-refractivity contribution in [1.29, 1.82) is 0 Å². The van der Waals surface area contributed by atoms with Gasteiger partial charge in [0.15, 0.2) is 0 Å². The summed E-state index contributed by atoms with van der Waals surface area (Å²) in [5.41, 5.74) is 10.0. The number of carbonyl (C=O) groups excluding carboxylic acids is 2. The van der Waals surface area contributed by atoms with E-state index < -0.39 is 5.97 Å². The third kappa shape index (κ3) is 3.55. The number of aromatic nitrogens is 1. The van der Waals surface area contributed by atoms with Crippen molar-refractivity contribution in [3.8, 4) is 11.3 Å². The Balaban J connectivity index is 1.50. The number of amides is 1. The third-order valence-electron chi connectivity index (χ3n) is 5.66. The number of fused-ring (bicyclic) bond motifs is 2. The molecular weight excluding hydrogens is 442 g/mol. The van der Waals surface area contributed by atoms with Crippen molar-refractivity contribution in [2.75, 3.05) is 18.2 Å². The Bertz CT molecular complexity index is 1340. The number of pyridine rings is 1. The summed E-state index contributed by atoms with van der Waals surface area (Å²) in [6.45, 7) is 0. The van der Waals surface area contributed by atoms with Gasteiger partial charge >= 0.3 is 5.97 Å². The molecule has 3 N–H and O–H groups in total. The first-order valence-electron chi connectivity index (χ1n) is 10.4. The van der Waals surface area contributed by atoms with Gasteiger partial charge in [0, 0.05) is 15.8 Å². The van der Waals surface area contributed by atoms with Gasteiger partial charge in [-0.05, 0) is 43.4 Å². The van der Waals surface area contributed by atoms with Gasteiger partial charge in [0.1, 0.15) is 14.7 Å². The van der Waals surface area contributed by atoms with Crippen LogP contribution in [0.25, 0.3) is 21.5 Å². The number of hydrogen-bond acceptors (Lipinski definition) is 7. The Hall–Kier alpha value is -3.23. The normalized spacial score (nSPS) is 13.0. The fraction of sp³-hybridized carbons (Fsp3) is 0.208. The van der Waals surface area contributed by atoms with Crippen LogP contribution in [0.3, 0.4) is 0 Å². The Morgan fingerprint density at radius 2 is 1.84 bits per heavy atom. The molecule has 32 heavy (non-hydrogen) atoms. The first-order chi connectivity index (χ1) is 15.6. The van der Waals surface area contributed by atoms with Gasteiger partial charge in [-0.3, -0.25) is 4.79 Å². The first-order valence-corrected chi connectivity index (χ1v) is 12.0. The SMILES string of the molecule is COC(=O)c1c(NC(=O)c2sc3nc(-c4ccccc4)ccc3c2N)sc2c1CCCC2. The summed E-state index contributed by atoms with van der Waals surface area (Å²) in [5, 5.41) is 4.21. The van der Waals surface area contributed by atoms with Crippen LogP contribution in [0.1, 0.15) is 43.3 Å². The van der Waals surface area contributed by atoms with E-state index in [1.807, 2.05) is 42.5 Å². The average molecular weight is 464 g/mol. The number of anilines is 2. The van der Waals surface area contributed by atoms with E-state index in [9.17, 15) is 9.59 Å². The number of hydrogen-bond donors (Lipinski definition) is 2. The van der Waals surface area contributed by atoms with Crippen LogP contribution in [0, 0.1) is 0 Å². The van der Waals surface area contributed by atoms with Crippen LogP contribution in [0.5, 0.6) is 0 Å². The third-order valence-corrected chi connectivity index (χ3v) is 7.98. The minimum Gasteiger partial charge on any atom is -0.465 e. The number of nitrogens with zero attached hydrogens (tertiary/aromatic N) is 1. The molecule has 1 aromatic carbocycles. The number of methoxy groups -OCH3 is 1. The maximum absolute atomic E-state index is 13.2. The molecule has 4 aromatic rings. The lowest BCUT2D eigenvalue weighted by molar-refractivity contribution is 0.0601. The van der Waals surface area contributed by atoms with Crippen LogP contribution in [0.2, 0.25) is 0 Å². The van der Waals surface area contributed by atoms with E-state index in [-0.39, 0.29) is 5.91 Å². The van der Waals surface area contributed by atoms with Crippen LogP contribution >= 0.6 is 22.7 Å². The number of nitrogens with one attached hydrogen (secondary N) is 1. The van der Waals surface area contributed by atoms with Crippen molar-refractivity contribution in [3.05, 3.63) is 63.3 Å². The second kappa shape index (κ2) is 8.37. The molecule has 3 aromatic heterocycles. The smallest absolute Gasteiger partial charge is 0.341 e. The Kier molecular flexibility index (Phi) is 5.40. The Morgan fingerprint density at radius 1 is 1.06 bits per heavy atom. The highest BCUT2D eigenvalue weighted by atomic mass is 32.1. The zero-order valence-corrected chi connectivity index (χ0v) is 19.1. The predicted molar refractivity (Wildman–Crippen MR) is 130 cm³/mol. The lowest BCUT2D eigenvalue weighted by atomic mass is 9.95. The molecule has 0 radical (unpaired) electrons. The van der Waals surface area contributed by atoms with Crippen LogP contribution in [0.4, 0.5) is 10.7 Å². The highest BCUT2D eigenvalue weighted by molar-refractivity contribution is 7.21. The zero-order valence-electron chi connectivity index (χ0n) is 17.4. The molecule has 0 bridgehead atoms. The zero-order chi connectivity index (χ0) is 22.2. The predicted octanol–water partition coefficient (Wildman–Crippen LogP) is 5.52. The lowest BCUT2D eigenvalue weighted by Crippen LogP contribution is -2.15. The molecule has 1 amide bonds. The van der Waals surface area contributed by atoms with Crippen molar-refractivity contribution in [1.82, 2.24) is 4.98 Å². The van der Waals surface area contributed by atoms with E-state index in [1.54, 1.807) is 0 Å². The van der Waals surface area contributed by atoms with Crippen molar-refractivity contribution in [2.45, 2.75) is 25.7 Å². The van der Waals surface area contributed by atoms with Crippen molar-refractivity contribution in [3.63, 3.8) is 0 Å². The van der Waals surface area contributed by atoms with E-state index in [2.05, 4.69) is 5.32 Å². The molecule has 0 unspecified atom stereocenters. The van der Waals surface area contributed by atoms with E-state index in [1.165, 1.54) is 29.8 Å². The van der Waals surface area contributed by atoms with Gasteiger partial charge < -0.3 is 15.8 Å². The number of benzene rings is 1. The van der Waals surface area contributed by atoms with Gasteiger partial charge in [-0.1, -0.05) is 30.3 Å². The van der Waals surface area contributed by atoms with Crippen LogP contribution in [0.15, 0.2) is 42.5 Å². The van der Waals surface area contributed by atoms with Gasteiger partial charge in [-0.15, -0.1) is 22.7 Å². The van der Waals surface area contributed by atoms with Gasteiger partial charge in [-0.25, -0.2) is 9.78 Å². The summed E-state index contributed by atoms with van der Waals surface area (Å²) in [4.78, 5) is 32.6. The van der Waals surface area contributed by atoms with Gasteiger partial charge in [0.05, 0.1) is 24.1 Å². The van der Waals surface area contributed by atoms with Crippen LogP contribution in [-0.4, -0.2) is 24.0 Å². The Morgan fingerprint density at radius 3 is 2.62 bits per heavy atom. The monoisotopic (exact) mass is 463 g/mol. The minimum atomic E-state index is -0.418. The molecule has 162 valence electrons. The minimum absolute atomic E-state index is 0.337. The largest absolute Gasteiger partial charge is 0.465 e. The summed E-state index contributed by atoms with van der Waals surface area (Å²) >= 11 is 2.71. The second-order valence-corrected chi connectivity index (χ2v) is 9.73. The fourth-order valence-electron chi connectivity index (χ4n) is 4.07. The molecule has 0 aliphatic heterocycles. The van der Waals surface area contributed by atoms with Crippen LogP contribution in [-0.2, 0) is 17.6 Å². The Labute approximate surface area is 193 Å². The molecule has 0 atom stereocenters. The number of carbonyl (C=O) groups is 2. The van der Waals surface area contributed by atoms with E-state index in [0.29, 0.717) is 26.0 Å². The van der Waals surface area contributed by atoms with E-state index >= 15 is 0 Å². The molecule has 8 heteroatoms. The summed E-state index contributed by atoms with van der Waals surface area (Å²) < 4.78 is 5.00. The number of nitrogens with two attached hydrogens (primary N) is 1. The first kappa shape index (κ1) is 20.7. The maximum atomic E-state index is 13.2. The number of aryl methyl sites for hydroxylation is 1. The molecule has 0 saturated heterocycles. The summed E-state index contributed by atoms with van der Waals surface area (Å²) in [7, 11) is 1.36. The number of esters is 1. The molecule has 6 nitrogen and oxygen atoms in total. The molecule has 0 saturated carbocycles. The van der Waals surface area contributed by atoms with Gasteiger partial charge in [-0.2, -0.15) is 0 Å². The van der Waals surface area contributed by atoms with Crippen molar-refractivity contribution in [2.24, 2.45) is 0 Å².